The predicted octanol–water partition coefficient (Wildman–Crippen LogP) is 2.14. The number of hydrogen-bond acceptors (Lipinski definition) is 2. The van der Waals surface area contributed by atoms with Gasteiger partial charge < -0.3 is 10.6 Å². The Hall–Kier alpha value is -1.09. The molecule has 0 bridgehead atoms. The van der Waals surface area contributed by atoms with Crippen LogP contribution in [-0.4, -0.2) is 26.3 Å². The molecule has 0 radical (unpaired) electrons. The van der Waals surface area contributed by atoms with E-state index in [9.17, 15) is 4.39 Å². The molecule has 1 fully saturated rings. The Balaban J connectivity index is 1.96. The molecule has 82 valence electrons. The highest BCUT2D eigenvalue weighted by atomic mass is 19.1. The first-order chi connectivity index (χ1) is 7.40. The Bertz CT molecular complexity index is 291. The minimum Gasteiger partial charge on any atom is -0.382 e. The van der Waals surface area contributed by atoms with Crippen LogP contribution in [0.2, 0.25) is 0 Å². The molecule has 1 unspecified atom stereocenters. The zero-order valence-electron chi connectivity index (χ0n) is 8.80. The van der Waals surface area contributed by atoms with Crippen molar-refractivity contribution in [1.29, 1.82) is 0 Å². The van der Waals surface area contributed by atoms with Gasteiger partial charge in [0.2, 0.25) is 0 Å². The molecule has 1 aliphatic heterocycles. The standard InChI is InChI=1S/C12H17FN2/c13-6-8-15-12-3-1-10(2-4-12)11-5-7-14-9-11/h1-4,11,14-15H,5-9H2. The number of halogens is 1. The van der Waals surface area contributed by atoms with E-state index in [1.54, 1.807) is 0 Å². The zero-order valence-corrected chi connectivity index (χ0v) is 8.80. The fraction of sp³-hybridized carbons (Fsp3) is 0.500. The summed E-state index contributed by atoms with van der Waals surface area (Å²) in [4.78, 5) is 0. The largest absolute Gasteiger partial charge is 0.382 e. The second kappa shape index (κ2) is 5.12. The summed E-state index contributed by atoms with van der Waals surface area (Å²) < 4.78 is 11.9. The molecule has 0 aliphatic carbocycles. The maximum atomic E-state index is 11.9. The third-order valence-corrected chi connectivity index (χ3v) is 2.87. The molecule has 0 spiro atoms. The lowest BCUT2D eigenvalue weighted by molar-refractivity contribution is 0.513. The molecule has 2 nitrogen and oxygen atoms in total. The lowest BCUT2D eigenvalue weighted by Gasteiger charge is -2.10. The monoisotopic (exact) mass is 208 g/mol. The fourth-order valence-corrected chi connectivity index (χ4v) is 2.00. The Labute approximate surface area is 89.9 Å². The van der Waals surface area contributed by atoms with Crippen LogP contribution in [-0.2, 0) is 0 Å². The van der Waals surface area contributed by atoms with Crippen LogP contribution in [0.5, 0.6) is 0 Å². The van der Waals surface area contributed by atoms with Crippen molar-refractivity contribution in [1.82, 2.24) is 5.32 Å². The van der Waals surface area contributed by atoms with Crippen LogP contribution >= 0.6 is 0 Å². The normalized spacial score (nSPS) is 20.5. The van der Waals surface area contributed by atoms with Gasteiger partial charge >= 0.3 is 0 Å². The maximum absolute atomic E-state index is 11.9. The van der Waals surface area contributed by atoms with Crippen LogP contribution in [0.25, 0.3) is 0 Å². The van der Waals surface area contributed by atoms with Gasteiger partial charge in [-0.15, -0.1) is 0 Å². The molecular formula is C12H17FN2. The predicted molar refractivity (Wildman–Crippen MR) is 61.1 cm³/mol. The van der Waals surface area contributed by atoms with Crippen LogP contribution in [0.15, 0.2) is 24.3 Å². The van der Waals surface area contributed by atoms with Crippen LogP contribution in [0, 0.1) is 0 Å². The lowest BCUT2D eigenvalue weighted by Crippen LogP contribution is -2.08. The van der Waals surface area contributed by atoms with Crippen molar-refractivity contribution >= 4 is 5.69 Å². The van der Waals surface area contributed by atoms with E-state index in [0.717, 1.165) is 18.8 Å². The molecule has 1 atom stereocenters. The summed E-state index contributed by atoms with van der Waals surface area (Å²) in [5, 5.41) is 6.38. The van der Waals surface area contributed by atoms with Gasteiger partial charge in [0.05, 0.1) is 0 Å². The van der Waals surface area contributed by atoms with Gasteiger partial charge in [0.1, 0.15) is 6.67 Å². The molecule has 1 saturated heterocycles. The van der Waals surface area contributed by atoms with Crippen molar-refractivity contribution in [2.45, 2.75) is 12.3 Å². The molecule has 0 saturated carbocycles. The molecule has 1 heterocycles. The van der Waals surface area contributed by atoms with E-state index < -0.39 is 0 Å². The Kier molecular flexibility index (Phi) is 3.56. The third kappa shape index (κ3) is 2.69. The van der Waals surface area contributed by atoms with Gasteiger partial charge in [0.15, 0.2) is 0 Å². The van der Waals surface area contributed by atoms with Crippen LogP contribution in [0.4, 0.5) is 10.1 Å². The minimum atomic E-state index is -0.325. The van der Waals surface area contributed by atoms with Gasteiger partial charge in [-0.1, -0.05) is 12.1 Å². The summed E-state index contributed by atoms with van der Waals surface area (Å²) >= 11 is 0. The summed E-state index contributed by atoms with van der Waals surface area (Å²) in [6.07, 6.45) is 1.22. The molecule has 1 aliphatic rings. The van der Waals surface area contributed by atoms with Gasteiger partial charge in [-0.2, -0.15) is 0 Å². The second-order valence-corrected chi connectivity index (χ2v) is 3.93. The zero-order chi connectivity index (χ0) is 10.5. The maximum Gasteiger partial charge on any atom is 0.107 e. The van der Waals surface area contributed by atoms with E-state index in [2.05, 4.69) is 22.8 Å². The third-order valence-electron chi connectivity index (χ3n) is 2.87. The van der Waals surface area contributed by atoms with Crippen molar-refractivity contribution in [2.75, 3.05) is 31.6 Å². The summed E-state index contributed by atoms with van der Waals surface area (Å²) in [6, 6.07) is 8.34. The van der Waals surface area contributed by atoms with Crippen molar-refractivity contribution in [3.63, 3.8) is 0 Å². The number of alkyl halides is 1. The van der Waals surface area contributed by atoms with E-state index in [4.69, 9.17) is 0 Å². The SMILES string of the molecule is FCCNc1ccc(C2CCNC2)cc1. The van der Waals surface area contributed by atoms with Gasteiger partial charge in [0, 0.05) is 18.8 Å². The van der Waals surface area contributed by atoms with Gasteiger partial charge in [0.25, 0.3) is 0 Å². The molecular weight excluding hydrogens is 191 g/mol. The fourth-order valence-electron chi connectivity index (χ4n) is 2.00. The number of anilines is 1. The van der Waals surface area contributed by atoms with E-state index >= 15 is 0 Å². The first-order valence-corrected chi connectivity index (χ1v) is 5.50. The molecule has 15 heavy (non-hydrogen) atoms. The van der Waals surface area contributed by atoms with Gasteiger partial charge in [-0.25, -0.2) is 4.39 Å². The first-order valence-electron chi connectivity index (χ1n) is 5.50. The summed E-state index contributed by atoms with van der Waals surface area (Å²) in [6.45, 7) is 2.27. The number of nitrogens with one attached hydrogen (secondary N) is 2. The summed E-state index contributed by atoms with van der Waals surface area (Å²) in [7, 11) is 0. The number of benzene rings is 1. The summed E-state index contributed by atoms with van der Waals surface area (Å²) in [5.74, 6) is 0.653. The molecule has 1 aromatic carbocycles. The minimum absolute atomic E-state index is 0.325. The van der Waals surface area contributed by atoms with Gasteiger partial charge in [-0.05, 0) is 36.6 Å². The quantitative estimate of drug-likeness (QED) is 0.792. The topological polar surface area (TPSA) is 24.1 Å². The van der Waals surface area contributed by atoms with Crippen molar-refractivity contribution in [3.8, 4) is 0 Å². The van der Waals surface area contributed by atoms with Crippen molar-refractivity contribution < 1.29 is 4.39 Å². The number of hydrogen-bond donors (Lipinski definition) is 2. The van der Waals surface area contributed by atoms with Crippen LogP contribution in [0.3, 0.4) is 0 Å². The molecule has 2 N–H and O–H groups in total. The molecule has 3 heteroatoms. The smallest absolute Gasteiger partial charge is 0.107 e. The van der Waals surface area contributed by atoms with Gasteiger partial charge in [-0.3, -0.25) is 0 Å². The Morgan fingerprint density at radius 1 is 1.33 bits per heavy atom. The highest BCUT2D eigenvalue weighted by Crippen LogP contribution is 2.23. The van der Waals surface area contributed by atoms with E-state index in [-0.39, 0.29) is 6.67 Å². The Morgan fingerprint density at radius 2 is 2.13 bits per heavy atom. The summed E-state index contributed by atoms with van der Waals surface area (Å²) in [5.41, 5.74) is 2.38. The van der Waals surface area contributed by atoms with E-state index in [0.29, 0.717) is 12.5 Å². The van der Waals surface area contributed by atoms with E-state index in [1.165, 1.54) is 12.0 Å². The average molecular weight is 208 g/mol. The highest BCUT2D eigenvalue weighted by Gasteiger charge is 2.15. The van der Waals surface area contributed by atoms with E-state index in [1.807, 2.05) is 12.1 Å². The van der Waals surface area contributed by atoms with Crippen molar-refractivity contribution in [3.05, 3.63) is 29.8 Å². The Morgan fingerprint density at radius 3 is 2.73 bits per heavy atom. The second-order valence-electron chi connectivity index (χ2n) is 3.93. The molecule has 0 amide bonds. The molecule has 0 aromatic heterocycles. The van der Waals surface area contributed by atoms with Crippen LogP contribution < -0.4 is 10.6 Å². The highest BCUT2D eigenvalue weighted by molar-refractivity contribution is 5.45. The van der Waals surface area contributed by atoms with Crippen molar-refractivity contribution in [2.24, 2.45) is 0 Å². The molecule has 2 rings (SSSR count). The number of rotatable bonds is 4. The molecule has 1 aromatic rings. The van der Waals surface area contributed by atoms with Crippen LogP contribution in [0.1, 0.15) is 17.9 Å². The first kappa shape index (κ1) is 10.4. The lowest BCUT2D eigenvalue weighted by atomic mass is 9.98. The average Bonchev–Trinajstić information content (AvgIpc) is 2.80.